The van der Waals surface area contributed by atoms with Gasteiger partial charge in [0.25, 0.3) is 0 Å². The Bertz CT molecular complexity index is 1020. The van der Waals surface area contributed by atoms with Gasteiger partial charge in [0.15, 0.2) is 0 Å². The van der Waals surface area contributed by atoms with Crippen LogP contribution in [-0.4, -0.2) is 16.7 Å². The number of benzene rings is 2. The van der Waals surface area contributed by atoms with Gasteiger partial charge in [0.1, 0.15) is 5.75 Å². The van der Waals surface area contributed by atoms with Crippen molar-refractivity contribution >= 4 is 22.4 Å². The van der Waals surface area contributed by atoms with Crippen LogP contribution >= 0.6 is 0 Å². The number of rotatable bonds is 2. The fourth-order valence-electron chi connectivity index (χ4n) is 2.92. The Morgan fingerprint density at radius 3 is 2.59 bits per heavy atom. The second-order valence-corrected chi connectivity index (χ2v) is 5.43. The van der Waals surface area contributed by atoms with Crippen molar-refractivity contribution in [3.63, 3.8) is 0 Å². The predicted octanol–water partition coefficient (Wildman–Crippen LogP) is 3.35. The van der Waals surface area contributed by atoms with Crippen LogP contribution in [0.5, 0.6) is 5.75 Å². The van der Waals surface area contributed by atoms with E-state index < -0.39 is 0 Å². The van der Waals surface area contributed by atoms with Gasteiger partial charge in [-0.2, -0.15) is 5.10 Å². The lowest BCUT2D eigenvalue weighted by Crippen LogP contribution is -2.10. The zero-order chi connectivity index (χ0) is 15.1. The Balaban J connectivity index is 2.14. The number of aryl methyl sites for hydroxylation is 1. The molecule has 0 radical (unpaired) electrons. The molecular formula is C19H16N2O. The van der Waals surface area contributed by atoms with Crippen LogP contribution in [0.15, 0.2) is 54.6 Å². The topological polar surface area (TPSA) is 26.5 Å². The van der Waals surface area contributed by atoms with Crippen molar-refractivity contribution in [3.8, 4) is 5.75 Å². The van der Waals surface area contributed by atoms with Crippen molar-refractivity contribution in [3.05, 3.63) is 71.2 Å². The first kappa shape index (κ1) is 12.9. The third-order valence-corrected chi connectivity index (χ3v) is 3.94. The van der Waals surface area contributed by atoms with E-state index in [2.05, 4.69) is 41.5 Å². The Labute approximate surface area is 128 Å². The number of hydrogen-bond acceptors (Lipinski definition) is 2. The molecule has 3 heteroatoms. The summed E-state index contributed by atoms with van der Waals surface area (Å²) in [6.07, 6.45) is 2.17. The fourth-order valence-corrected chi connectivity index (χ4v) is 2.92. The molecule has 0 saturated carbocycles. The first-order chi connectivity index (χ1) is 10.8. The molecule has 0 atom stereocenters. The SMILES string of the molecule is COc1ccc2c(c1)/c(=C/c1ccccc1)n1nc(C)cc21. The van der Waals surface area contributed by atoms with Gasteiger partial charge in [-0.15, -0.1) is 0 Å². The van der Waals surface area contributed by atoms with Gasteiger partial charge in [0.2, 0.25) is 0 Å². The lowest BCUT2D eigenvalue weighted by atomic mass is 10.1. The molecule has 2 aromatic heterocycles. The smallest absolute Gasteiger partial charge is 0.119 e. The maximum Gasteiger partial charge on any atom is 0.119 e. The molecule has 0 saturated heterocycles. The van der Waals surface area contributed by atoms with E-state index in [0.717, 1.165) is 33.3 Å². The van der Waals surface area contributed by atoms with E-state index in [1.807, 2.05) is 35.7 Å². The zero-order valence-electron chi connectivity index (χ0n) is 12.6. The normalized spacial score (nSPS) is 12.4. The summed E-state index contributed by atoms with van der Waals surface area (Å²) in [6.45, 7) is 2.02. The molecule has 2 heterocycles. The highest BCUT2D eigenvalue weighted by atomic mass is 16.5. The van der Waals surface area contributed by atoms with Crippen molar-refractivity contribution < 1.29 is 4.74 Å². The Morgan fingerprint density at radius 1 is 1.00 bits per heavy atom. The summed E-state index contributed by atoms with van der Waals surface area (Å²) in [4.78, 5) is 0. The summed E-state index contributed by atoms with van der Waals surface area (Å²) in [5.41, 5.74) is 3.32. The summed E-state index contributed by atoms with van der Waals surface area (Å²) in [7, 11) is 1.69. The molecule has 22 heavy (non-hydrogen) atoms. The molecule has 0 spiro atoms. The van der Waals surface area contributed by atoms with E-state index in [1.54, 1.807) is 7.11 Å². The predicted molar refractivity (Wildman–Crippen MR) is 89.2 cm³/mol. The van der Waals surface area contributed by atoms with E-state index >= 15 is 0 Å². The number of ether oxygens (including phenoxy) is 1. The van der Waals surface area contributed by atoms with Gasteiger partial charge in [-0.3, -0.25) is 0 Å². The summed E-state index contributed by atoms with van der Waals surface area (Å²) in [5.74, 6) is 0.861. The minimum Gasteiger partial charge on any atom is -0.497 e. The highest BCUT2D eigenvalue weighted by molar-refractivity contribution is 5.99. The van der Waals surface area contributed by atoms with Gasteiger partial charge in [-0.05, 0) is 42.8 Å². The van der Waals surface area contributed by atoms with Crippen LogP contribution < -0.4 is 10.1 Å². The van der Waals surface area contributed by atoms with Crippen LogP contribution in [0.3, 0.4) is 0 Å². The number of fused-ring (bicyclic) bond motifs is 3. The molecule has 0 bridgehead atoms. The van der Waals surface area contributed by atoms with Crippen molar-refractivity contribution in [2.24, 2.45) is 0 Å². The molecule has 0 aliphatic carbocycles. The molecule has 2 aromatic carbocycles. The molecule has 0 fully saturated rings. The zero-order valence-corrected chi connectivity index (χ0v) is 12.6. The van der Waals surface area contributed by atoms with Crippen LogP contribution in [0.25, 0.3) is 22.4 Å². The molecule has 0 unspecified atom stereocenters. The summed E-state index contributed by atoms with van der Waals surface area (Å²) >= 11 is 0. The van der Waals surface area contributed by atoms with Gasteiger partial charge in [0.05, 0.1) is 23.7 Å². The first-order valence-corrected chi connectivity index (χ1v) is 7.29. The van der Waals surface area contributed by atoms with Gasteiger partial charge in [-0.25, -0.2) is 4.52 Å². The van der Waals surface area contributed by atoms with Crippen molar-refractivity contribution in [1.82, 2.24) is 9.61 Å². The molecule has 0 aliphatic heterocycles. The third kappa shape index (κ3) is 1.94. The van der Waals surface area contributed by atoms with Crippen molar-refractivity contribution in [2.45, 2.75) is 6.92 Å². The lowest BCUT2D eigenvalue weighted by Gasteiger charge is -1.99. The summed E-state index contributed by atoms with van der Waals surface area (Å²) < 4.78 is 7.40. The molecule has 0 aliphatic rings. The number of hydrogen-bond donors (Lipinski definition) is 0. The lowest BCUT2D eigenvalue weighted by molar-refractivity contribution is 0.415. The summed E-state index contributed by atoms with van der Waals surface area (Å²) in [6, 6.07) is 18.6. The Hall–Kier alpha value is -2.81. The molecular weight excluding hydrogens is 272 g/mol. The molecule has 108 valence electrons. The van der Waals surface area contributed by atoms with Crippen LogP contribution in [0.2, 0.25) is 0 Å². The molecule has 4 aromatic rings. The number of aromatic nitrogens is 2. The van der Waals surface area contributed by atoms with Gasteiger partial charge >= 0.3 is 0 Å². The molecule has 0 N–H and O–H groups in total. The van der Waals surface area contributed by atoms with Gasteiger partial charge < -0.3 is 4.74 Å². The highest BCUT2D eigenvalue weighted by Crippen LogP contribution is 2.24. The third-order valence-electron chi connectivity index (χ3n) is 3.94. The van der Waals surface area contributed by atoms with E-state index in [9.17, 15) is 0 Å². The Kier molecular flexibility index (Phi) is 2.86. The van der Waals surface area contributed by atoms with E-state index in [4.69, 9.17) is 4.74 Å². The average Bonchev–Trinajstić information content (AvgIpc) is 3.05. The minimum absolute atomic E-state index is 0.861. The van der Waals surface area contributed by atoms with Crippen molar-refractivity contribution in [1.29, 1.82) is 0 Å². The average molecular weight is 288 g/mol. The molecule has 4 rings (SSSR count). The van der Waals surface area contributed by atoms with Crippen molar-refractivity contribution in [2.75, 3.05) is 7.11 Å². The first-order valence-electron chi connectivity index (χ1n) is 7.29. The number of methoxy groups -OCH3 is 1. The van der Waals surface area contributed by atoms with E-state index in [0.29, 0.717) is 0 Å². The summed E-state index contributed by atoms with van der Waals surface area (Å²) in [5, 5.41) is 8.09. The van der Waals surface area contributed by atoms with Gasteiger partial charge in [0, 0.05) is 10.8 Å². The minimum atomic E-state index is 0.861. The fraction of sp³-hybridized carbons (Fsp3) is 0.105. The van der Waals surface area contributed by atoms with Crippen LogP contribution in [0.4, 0.5) is 0 Å². The quantitative estimate of drug-likeness (QED) is 0.565. The molecule has 3 nitrogen and oxygen atoms in total. The van der Waals surface area contributed by atoms with Crippen LogP contribution in [0, 0.1) is 6.92 Å². The van der Waals surface area contributed by atoms with Crippen LogP contribution in [0.1, 0.15) is 11.3 Å². The maximum atomic E-state index is 5.38. The largest absolute Gasteiger partial charge is 0.497 e. The standard InChI is InChI=1S/C19H16N2O/c1-13-10-18-16-9-8-15(22-2)12-17(16)19(21(18)20-13)11-14-6-4-3-5-7-14/h3-12H,1-2H3/b19-11-. The second kappa shape index (κ2) is 4.88. The monoisotopic (exact) mass is 288 g/mol. The van der Waals surface area contributed by atoms with E-state index in [1.165, 1.54) is 5.39 Å². The maximum absolute atomic E-state index is 5.38. The molecule has 0 amide bonds. The number of nitrogens with zero attached hydrogens (tertiary/aromatic N) is 2. The van der Waals surface area contributed by atoms with Gasteiger partial charge in [-0.1, -0.05) is 30.3 Å². The highest BCUT2D eigenvalue weighted by Gasteiger charge is 2.10. The van der Waals surface area contributed by atoms with Crippen LogP contribution in [-0.2, 0) is 0 Å². The Morgan fingerprint density at radius 2 is 1.82 bits per heavy atom. The second-order valence-electron chi connectivity index (χ2n) is 5.43. The van der Waals surface area contributed by atoms with E-state index in [-0.39, 0.29) is 0 Å².